The van der Waals surface area contributed by atoms with Crippen molar-refractivity contribution in [3.8, 4) is 0 Å². The van der Waals surface area contributed by atoms with Crippen molar-refractivity contribution in [2.75, 3.05) is 6.61 Å². The van der Waals surface area contributed by atoms with Gasteiger partial charge in [-0.25, -0.2) is 8.78 Å². The van der Waals surface area contributed by atoms with Gasteiger partial charge in [-0.1, -0.05) is 19.9 Å². The van der Waals surface area contributed by atoms with Crippen molar-refractivity contribution in [1.29, 1.82) is 0 Å². The molecule has 4 aliphatic rings. The van der Waals surface area contributed by atoms with Gasteiger partial charge in [0.25, 0.3) is 0 Å². The maximum atomic E-state index is 17.2. The van der Waals surface area contributed by atoms with Crippen molar-refractivity contribution < 1.29 is 45.0 Å². The molecule has 33 heavy (non-hydrogen) atoms. The molecule has 0 unspecified atom stereocenters. The summed E-state index contributed by atoms with van der Waals surface area (Å²) >= 11 is 0. The maximum absolute atomic E-state index is 17.2. The first-order valence-corrected chi connectivity index (χ1v) is 11.1. The lowest BCUT2D eigenvalue weighted by Gasteiger charge is -2.63. The molecule has 0 aliphatic heterocycles. The second-order valence-corrected chi connectivity index (χ2v) is 10.1. The highest BCUT2D eigenvalue weighted by atomic mass is 19.1. The average Bonchev–Trinajstić information content (AvgIpc) is 3.08. The number of Topliss-reactive ketones (excluding diaryl/α,β-unsaturated/α-hetero) is 1. The highest BCUT2D eigenvalue weighted by Gasteiger charge is 2.76. The van der Waals surface area contributed by atoms with Crippen LogP contribution in [-0.4, -0.2) is 57.9 Å². The number of ketones is 2. The highest BCUT2D eigenvalue weighted by molar-refractivity contribution is 6.01. The molecule has 0 aromatic rings. The van der Waals surface area contributed by atoms with Gasteiger partial charge in [-0.15, -0.1) is 0 Å². The fourth-order valence-corrected chi connectivity index (χ4v) is 7.30. The summed E-state index contributed by atoms with van der Waals surface area (Å²) < 4.78 is 75.8. The van der Waals surface area contributed by atoms with Crippen LogP contribution >= 0.6 is 0 Å². The molecule has 3 saturated carbocycles. The predicted octanol–water partition coefficient (Wildman–Crippen LogP) is 2.95. The lowest BCUT2D eigenvalue weighted by atomic mass is 9.44. The molecule has 3 fully saturated rings. The lowest BCUT2D eigenvalue weighted by Crippen LogP contribution is -2.70. The summed E-state index contributed by atoms with van der Waals surface area (Å²) in [5.41, 5.74) is -7.74. The Morgan fingerprint density at radius 3 is 2.76 bits per heavy atom. The third-order valence-electron chi connectivity index (χ3n) is 8.86. The topological polar surface area (TPSA) is 101 Å². The third-order valence-corrected chi connectivity index (χ3v) is 8.86. The minimum Gasteiger partial charge on any atom is -0.450 e. The first-order valence-electron chi connectivity index (χ1n) is 13.6. The molecule has 2 N–H and O–H groups in total. The number of rotatable bonds is 5. The molecule has 4 rings (SSSR count). The van der Waals surface area contributed by atoms with E-state index in [4.69, 9.17) is 11.6 Å². The largest absolute Gasteiger partial charge is 0.450 e. The van der Waals surface area contributed by atoms with Crippen molar-refractivity contribution in [3.05, 3.63) is 23.8 Å². The normalized spacial score (nSPS) is 49.2. The summed E-state index contributed by atoms with van der Waals surface area (Å²) in [6.45, 7) is -1.33. The van der Waals surface area contributed by atoms with Crippen molar-refractivity contribution in [1.82, 2.24) is 0 Å². The molecule has 4 aliphatic carbocycles. The van der Waals surface area contributed by atoms with Crippen LogP contribution in [0.15, 0.2) is 23.8 Å². The summed E-state index contributed by atoms with van der Waals surface area (Å²) in [7, 11) is 0. The number of ether oxygens (including phenoxy) is 1. The molecule has 0 heterocycles. The molecule has 0 aromatic carbocycles. The van der Waals surface area contributed by atoms with Crippen LogP contribution in [-0.2, 0) is 19.1 Å². The number of halogens is 2. The number of hydrogen-bond donors (Lipinski definition) is 2. The average molecular weight is 472 g/mol. The van der Waals surface area contributed by atoms with E-state index in [0.717, 1.165) is 12.2 Å². The van der Waals surface area contributed by atoms with Gasteiger partial charge in [-0.3, -0.25) is 14.4 Å². The Morgan fingerprint density at radius 1 is 1.36 bits per heavy atom. The van der Waals surface area contributed by atoms with E-state index in [1.165, 1.54) is 19.9 Å². The van der Waals surface area contributed by atoms with Gasteiger partial charge in [0, 0.05) is 30.0 Å². The number of fused-ring (bicyclic) bond motifs is 5. The smallest absolute Gasteiger partial charge is 0.306 e. The molecular weight excluding hydrogens is 434 g/mol. The van der Waals surface area contributed by atoms with Crippen molar-refractivity contribution in [2.45, 2.75) is 82.7 Å². The van der Waals surface area contributed by atoms with Crippen LogP contribution < -0.4 is 0 Å². The zero-order valence-corrected chi connectivity index (χ0v) is 18.6. The van der Waals surface area contributed by atoms with Crippen LogP contribution in [0.5, 0.6) is 0 Å². The van der Waals surface area contributed by atoms with Gasteiger partial charge in [0.1, 0.15) is 12.8 Å². The highest BCUT2D eigenvalue weighted by Crippen LogP contribution is 2.70. The fourth-order valence-electron chi connectivity index (χ4n) is 7.30. The van der Waals surface area contributed by atoms with E-state index in [1.807, 2.05) is 0 Å². The lowest BCUT2D eigenvalue weighted by molar-refractivity contribution is -0.229. The monoisotopic (exact) mass is 471 g/mol. The maximum Gasteiger partial charge on any atom is 0.306 e. The number of allylic oxidation sites excluding steroid dienone is 4. The summed E-state index contributed by atoms with van der Waals surface area (Å²) in [6, 6.07) is 0. The standard InChI is InChI=1S/C25H32F2O6/c1-4-5-21(32)33-24(20(31)13-28)9-7-15-16-11-18(26)17-10-14(29)6-8-22(17,2)25(16,27)19(30)12-23(15,24)3/h6,8,10,15-16,18-19,28,30H,4-5,7,9,11-13H2,1-3H3/t15-,16-,18-,19-,22-,23-,24-,25-/m0/s1/i1D3,4D2. The molecule has 8 atom stereocenters. The molecule has 0 radical (unpaired) electrons. The van der Waals surface area contributed by atoms with E-state index in [-0.39, 0.29) is 18.4 Å². The molecular formula is C25H32F2O6. The van der Waals surface area contributed by atoms with Gasteiger partial charge < -0.3 is 14.9 Å². The second kappa shape index (κ2) is 7.80. The van der Waals surface area contributed by atoms with E-state index in [9.17, 15) is 24.6 Å². The van der Waals surface area contributed by atoms with Crippen molar-refractivity contribution in [3.63, 3.8) is 0 Å². The van der Waals surface area contributed by atoms with Crippen LogP contribution in [0.1, 0.15) is 66.0 Å². The zero-order valence-electron chi connectivity index (χ0n) is 23.6. The van der Waals surface area contributed by atoms with E-state index >= 15 is 8.78 Å². The van der Waals surface area contributed by atoms with Crippen molar-refractivity contribution >= 4 is 17.5 Å². The summed E-state index contributed by atoms with van der Waals surface area (Å²) in [5.74, 6) is -4.74. The molecule has 0 bridgehead atoms. The Balaban J connectivity index is 1.76. The Labute approximate surface area is 199 Å². The van der Waals surface area contributed by atoms with E-state index in [1.54, 1.807) is 0 Å². The SMILES string of the molecule is [2H]C([2H])([2H])C([2H])([2H])CC(=O)O[C@]1(C(=O)CO)CC[C@H]2[C@@H]3C[C@H](F)C4=CC(=O)C=C[C@]4(C)[C@@]3(F)[C@@H](O)C[C@@]21C. The van der Waals surface area contributed by atoms with Crippen LogP contribution in [0.3, 0.4) is 0 Å². The van der Waals surface area contributed by atoms with Gasteiger partial charge in [-0.2, -0.15) is 0 Å². The van der Waals surface area contributed by atoms with Crippen LogP contribution in [0.2, 0.25) is 0 Å². The molecule has 0 saturated heterocycles. The number of carbonyl (C=O) groups excluding carboxylic acids is 3. The number of aliphatic hydroxyl groups excluding tert-OH is 2. The molecule has 182 valence electrons. The minimum absolute atomic E-state index is 0.0647. The van der Waals surface area contributed by atoms with E-state index < -0.39 is 103 Å². The summed E-state index contributed by atoms with van der Waals surface area (Å²) in [6.07, 6.45) is -5.18. The number of carbonyl (C=O) groups is 3. The van der Waals surface area contributed by atoms with E-state index in [0.29, 0.717) is 0 Å². The van der Waals surface area contributed by atoms with Gasteiger partial charge in [0.2, 0.25) is 5.78 Å². The number of esters is 1. The zero-order chi connectivity index (χ0) is 28.7. The third kappa shape index (κ3) is 2.99. The molecule has 0 amide bonds. The molecule has 6 nitrogen and oxygen atoms in total. The first-order chi connectivity index (χ1) is 17.3. The number of alkyl halides is 2. The Kier molecular flexibility index (Phi) is 4.35. The quantitative estimate of drug-likeness (QED) is 0.598. The number of aliphatic hydroxyl groups is 2. The van der Waals surface area contributed by atoms with Crippen LogP contribution in [0.4, 0.5) is 8.78 Å². The fraction of sp³-hybridized carbons (Fsp3) is 0.720. The van der Waals surface area contributed by atoms with Gasteiger partial charge in [0.05, 0.1) is 6.10 Å². The van der Waals surface area contributed by atoms with Gasteiger partial charge in [0.15, 0.2) is 17.1 Å². The second-order valence-electron chi connectivity index (χ2n) is 10.1. The van der Waals surface area contributed by atoms with Gasteiger partial charge in [-0.05, 0) is 62.6 Å². The number of hydrogen-bond acceptors (Lipinski definition) is 6. The molecule has 8 heteroatoms. The predicted molar refractivity (Wildman–Crippen MR) is 114 cm³/mol. The summed E-state index contributed by atoms with van der Waals surface area (Å²) in [5, 5.41) is 21.2. The molecule has 0 aromatic heterocycles. The Bertz CT molecular complexity index is 1120. The van der Waals surface area contributed by atoms with Crippen molar-refractivity contribution in [2.24, 2.45) is 22.7 Å². The van der Waals surface area contributed by atoms with Crippen LogP contribution in [0, 0.1) is 22.7 Å². The first kappa shape index (κ1) is 18.4. The van der Waals surface area contributed by atoms with Crippen LogP contribution in [0.25, 0.3) is 0 Å². The molecule has 0 spiro atoms. The minimum atomic E-state index is -3.16. The Morgan fingerprint density at radius 2 is 2.09 bits per heavy atom. The van der Waals surface area contributed by atoms with E-state index in [2.05, 4.69) is 0 Å². The van der Waals surface area contributed by atoms with Gasteiger partial charge >= 0.3 is 5.97 Å². The Hall–Kier alpha value is -1.93. The summed E-state index contributed by atoms with van der Waals surface area (Å²) in [4.78, 5) is 38.0.